The molecule has 11 heteroatoms. The van der Waals surface area contributed by atoms with Crippen LogP contribution in [0.2, 0.25) is 0 Å². The van der Waals surface area contributed by atoms with Crippen LogP contribution in [0.1, 0.15) is 81.5 Å². The van der Waals surface area contributed by atoms with E-state index in [4.69, 9.17) is 17.2 Å². The lowest BCUT2D eigenvalue weighted by Gasteiger charge is -2.26. The summed E-state index contributed by atoms with van der Waals surface area (Å²) in [7, 11) is 0. The first-order chi connectivity index (χ1) is 23.2. The SMILES string of the molecule is C.C1CCOC1.CC(C)(C)OC(=O)N1CCN2CCc3cc(Br)cc(c32)C1.CC(C)(C)OC(=O)N1CCn2ccc3cc(Br)cc(c32)C1.[2H][2H]. The summed E-state index contributed by atoms with van der Waals surface area (Å²) in [5, 5.41) is 1.20. The summed E-state index contributed by atoms with van der Waals surface area (Å²) in [6.07, 6.45) is 5.26. The van der Waals surface area contributed by atoms with E-state index in [0.29, 0.717) is 26.2 Å². The predicted molar refractivity (Wildman–Crippen MR) is 202 cm³/mol. The minimum Gasteiger partial charge on any atom is -0.444 e. The van der Waals surface area contributed by atoms with Gasteiger partial charge in [0, 0.05) is 75.1 Å². The number of carbonyl (C=O) groups excluding carboxylic acids is 2. The standard InChI is InChI=1S/C16H21BrN2O2.C16H19BrN2O2.C4H8O.CH4.H2/c2*1-16(2,3)21-15(20)19-7-6-18-5-4-11-8-13(17)9-12(10-19)14(11)18;1-2-4-5-3-1;;/h8-9H,4-7,10H2,1-3H3;4-5,8-9H,6-7,10H2,1-3H3;1-4H2;1H4;1H/i;;;;1+1D. The highest BCUT2D eigenvalue weighted by atomic mass is 79.9. The number of halogens is 2. The van der Waals surface area contributed by atoms with Crippen molar-refractivity contribution in [3.05, 3.63) is 62.2 Å². The smallest absolute Gasteiger partial charge is 0.410 e. The number of benzene rings is 2. The number of carbonyl (C=O) groups is 2. The van der Waals surface area contributed by atoms with E-state index < -0.39 is 11.2 Å². The molecule has 0 atom stereocenters. The lowest BCUT2D eigenvalue weighted by atomic mass is 10.1. The van der Waals surface area contributed by atoms with Crippen molar-refractivity contribution in [2.24, 2.45) is 0 Å². The topological polar surface area (TPSA) is 76.5 Å². The molecule has 4 aliphatic heterocycles. The van der Waals surface area contributed by atoms with Crippen molar-refractivity contribution in [3.63, 3.8) is 0 Å². The number of nitrogens with zero attached hydrogens (tertiary/aromatic N) is 4. The largest absolute Gasteiger partial charge is 0.444 e. The van der Waals surface area contributed by atoms with Crippen LogP contribution in [-0.2, 0) is 40.3 Å². The van der Waals surface area contributed by atoms with E-state index in [1.807, 2.05) is 46.4 Å². The average molecular weight is 797 g/mol. The van der Waals surface area contributed by atoms with E-state index in [-0.39, 0.29) is 19.6 Å². The fourth-order valence-electron chi connectivity index (χ4n) is 6.25. The number of rotatable bonds is 0. The van der Waals surface area contributed by atoms with Gasteiger partial charge in [0.25, 0.3) is 0 Å². The van der Waals surface area contributed by atoms with Crippen LogP contribution in [-0.4, -0.2) is 77.1 Å². The maximum atomic E-state index is 12.3. The van der Waals surface area contributed by atoms with Gasteiger partial charge in [-0.25, -0.2) is 9.59 Å². The van der Waals surface area contributed by atoms with Gasteiger partial charge in [-0.1, -0.05) is 39.3 Å². The number of ether oxygens (including phenoxy) is 3. The number of aromatic nitrogens is 1. The van der Waals surface area contributed by atoms with Crippen LogP contribution >= 0.6 is 31.9 Å². The lowest BCUT2D eigenvalue weighted by molar-refractivity contribution is 0.0226. The van der Waals surface area contributed by atoms with Crippen molar-refractivity contribution in [1.29, 1.82) is 0 Å². The summed E-state index contributed by atoms with van der Waals surface area (Å²) in [5.41, 5.74) is 5.35. The fourth-order valence-corrected chi connectivity index (χ4v) is 7.32. The van der Waals surface area contributed by atoms with Gasteiger partial charge in [0.1, 0.15) is 11.2 Å². The van der Waals surface area contributed by atoms with E-state index in [2.05, 4.69) is 77.9 Å². The highest BCUT2D eigenvalue weighted by Crippen LogP contribution is 2.37. The third-order valence-corrected chi connectivity index (χ3v) is 9.12. The van der Waals surface area contributed by atoms with Gasteiger partial charge in [-0.05, 0) is 108 Å². The molecule has 1 fully saturated rings. The number of amides is 2. The van der Waals surface area contributed by atoms with Crippen LogP contribution in [0, 0.1) is 0 Å². The molecule has 0 radical (unpaired) electrons. The van der Waals surface area contributed by atoms with E-state index >= 15 is 0 Å². The molecule has 1 saturated heterocycles. The van der Waals surface area contributed by atoms with Crippen LogP contribution in [0.3, 0.4) is 0 Å². The minimum absolute atomic E-state index is 0. The normalized spacial score (nSPS) is 17.0. The summed E-state index contributed by atoms with van der Waals surface area (Å²) >= 11 is 7.12. The van der Waals surface area contributed by atoms with E-state index in [9.17, 15) is 9.59 Å². The molecule has 0 bridgehead atoms. The van der Waals surface area contributed by atoms with E-state index in [0.717, 1.165) is 53.8 Å². The molecule has 1 aromatic heterocycles. The molecular weight excluding hydrogens is 740 g/mol. The zero-order valence-corrected chi connectivity index (χ0v) is 31.7. The van der Waals surface area contributed by atoms with Crippen LogP contribution < -0.4 is 4.90 Å². The molecule has 48 heavy (non-hydrogen) atoms. The number of hydrogen-bond donors (Lipinski definition) is 0. The average Bonchev–Trinajstić information content (AvgIpc) is 3.75. The van der Waals surface area contributed by atoms with Crippen LogP contribution in [0.4, 0.5) is 15.3 Å². The molecule has 7 rings (SSSR count). The van der Waals surface area contributed by atoms with Crippen LogP contribution in [0.5, 0.6) is 0 Å². The van der Waals surface area contributed by atoms with Crippen molar-refractivity contribution in [2.45, 2.75) is 99.1 Å². The molecule has 2 amide bonds. The molecule has 0 saturated carbocycles. The summed E-state index contributed by atoms with van der Waals surface area (Å²) in [5.74, 6) is 0. The Kier molecular flexibility index (Phi) is 12.1. The van der Waals surface area contributed by atoms with Gasteiger partial charge in [-0.2, -0.15) is 0 Å². The van der Waals surface area contributed by atoms with Crippen LogP contribution in [0.15, 0.2) is 45.5 Å². The van der Waals surface area contributed by atoms with Gasteiger partial charge in [0.05, 0.1) is 18.6 Å². The van der Waals surface area contributed by atoms with Crippen molar-refractivity contribution in [3.8, 4) is 0 Å². The Hall–Kier alpha value is -2.76. The van der Waals surface area contributed by atoms with Gasteiger partial charge < -0.3 is 33.5 Å². The van der Waals surface area contributed by atoms with Gasteiger partial charge in [-0.15, -0.1) is 0 Å². The fraction of sp³-hybridized carbons (Fsp3) is 0.568. The first kappa shape index (κ1) is 36.5. The Morgan fingerprint density at radius 3 is 1.90 bits per heavy atom. The molecule has 266 valence electrons. The zero-order chi connectivity index (χ0) is 35.9. The van der Waals surface area contributed by atoms with Gasteiger partial charge in [-0.3, -0.25) is 0 Å². The number of anilines is 1. The number of hydrogen-bond acceptors (Lipinski definition) is 6. The second-order valence-corrected chi connectivity index (χ2v) is 16.3. The molecule has 0 N–H and O–H groups in total. The van der Waals surface area contributed by atoms with Crippen LogP contribution in [0.25, 0.3) is 10.9 Å². The molecular formula is C37H54Br2N4O5. The molecule has 5 heterocycles. The summed E-state index contributed by atoms with van der Waals surface area (Å²) in [4.78, 5) is 30.6. The molecule has 0 spiro atoms. The first-order valence-electron chi connectivity index (χ1n) is 17.5. The molecule has 4 aliphatic rings. The molecule has 0 unspecified atom stereocenters. The molecule has 2 aromatic carbocycles. The van der Waals surface area contributed by atoms with Crippen molar-refractivity contribution in [1.82, 2.24) is 14.4 Å². The van der Waals surface area contributed by atoms with Gasteiger partial charge >= 0.3 is 12.2 Å². The highest BCUT2D eigenvalue weighted by Gasteiger charge is 2.31. The Bertz CT molecular complexity index is 1590. The molecule has 0 aliphatic carbocycles. The summed E-state index contributed by atoms with van der Waals surface area (Å²) in [6.45, 7) is 18.7. The minimum atomic E-state index is -0.467. The second kappa shape index (κ2) is 15.9. The molecule has 3 aromatic rings. The monoisotopic (exact) mass is 794 g/mol. The zero-order valence-electron chi connectivity index (χ0n) is 30.5. The van der Waals surface area contributed by atoms with E-state index in [1.54, 1.807) is 4.90 Å². The summed E-state index contributed by atoms with van der Waals surface area (Å²) in [6, 6.07) is 10.6. The Morgan fingerprint density at radius 1 is 0.771 bits per heavy atom. The summed E-state index contributed by atoms with van der Waals surface area (Å²) < 4.78 is 30.3. The van der Waals surface area contributed by atoms with Crippen molar-refractivity contribution >= 4 is 60.6 Å². The Labute approximate surface area is 306 Å². The van der Waals surface area contributed by atoms with Crippen molar-refractivity contribution in [2.75, 3.05) is 44.3 Å². The lowest BCUT2D eigenvalue weighted by Crippen LogP contribution is -2.39. The predicted octanol–water partition coefficient (Wildman–Crippen LogP) is 9.40. The Balaban J connectivity index is 0.000000223. The Morgan fingerprint density at radius 2 is 1.31 bits per heavy atom. The van der Waals surface area contributed by atoms with Crippen molar-refractivity contribution < 1.29 is 26.8 Å². The second-order valence-electron chi connectivity index (χ2n) is 14.4. The quantitative estimate of drug-likeness (QED) is 0.226. The third-order valence-electron chi connectivity index (χ3n) is 8.21. The van der Waals surface area contributed by atoms with Gasteiger partial charge in [0.2, 0.25) is 0 Å². The third kappa shape index (κ3) is 9.91. The maximum Gasteiger partial charge on any atom is 0.410 e. The highest BCUT2D eigenvalue weighted by molar-refractivity contribution is 9.10. The first-order valence-corrected chi connectivity index (χ1v) is 18.1. The molecule has 9 nitrogen and oxygen atoms in total. The van der Waals surface area contributed by atoms with Gasteiger partial charge in [0.15, 0.2) is 0 Å². The van der Waals surface area contributed by atoms with E-state index in [1.165, 1.54) is 40.6 Å². The maximum absolute atomic E-state index is 12.3.